The van der Waals surface area contributed by atoms with Crippen LogP contribution in [0.2, 0.25) is 0 Å². The first-order valence-electron chi connectivity index (χ1n) is 9.21. The minimum atomic E-state index is -0.573. The summed E-state index contributed by atoms with van der Waals surface area (Å²) in [5.74, 6) is 0.984. The Bertz CT molecular complexity index is 769. The number of hydrogen-bond donors (Lipinski definition) is 2. The molecular weight excluding hydrogens is 412 g/mol. The van der Waals surface area contributed by atoms with Crippen molar-refractivity contribution in [2.75, 3.05) is 7.11 Å². The molecule has 1 aliphatic heterocycles. The van der Waals surface area contributed by atoms with E-state index in [-0.39, 0.29) is 18.1 Å². The second kappa shape index (κ2) is 8.33. The number of halogens is 1. The molecule has 1 aromatic carbocycles. The number of hydrogen-bond acceptors (Lipinski definition) is 4. The first-order chi connectivity index (χ1) is 12.9. The number of amides is 2. The van der Waals surface area contributed by atoms with Crippen molar-refractivity contribution in [3.8, 4) is 5.75 Å². The lowest BCUT2D eigenvalue weighted by Crippen LogP contribution is -2.45. The van der Waals surface area contributed by atoms with E-state index in [1.54, 1.807) is 20.1 Å². The standard InChI is InChI=1S/C20H25BrN2O4/c1-11-4-7-14(8-5-11)27-19(24)17-12(2)22-20(25)23-18(17)13-6-9-16(26-3)15(21)10-13/h6,9-11,14,18H,4-5,7-8H2,1-3H3,(H2,22,23,25). The quantitative estimate of drug-likeness (QED) is 0.693. The number of carbonyl (C=O) groups excluding carboxylic acids is 2. The summed E-state index contributed by atoms with van der Waals surface area (Å²) in [7, 11) is 1.59. The van der Waals surface area contributed by atoms with Gasteiger partial charge in [0, 0.05) is 5.70 Å². The fourth-order valence-corrected chi connectivity index (χ4v) is 4.20. The van der Waals surface area contributed by atoms with Crippen LogP contribution in [0.3, 0.4) is 0 Å². The Morgan fingerprint density at radius 1 is 1.22 bits per heavy atom. The number of ether oxygens (including phenoxy) is 2. The zero-order valence-electron chi connectivity index (χ0n) is 15.8. The second-order valence-electron chi connectivity index (χ2n) is 7.25. The minimum Gasteiger partial charge on any atom is -0.496 e. The number of methoxy groups -OCH3 is 1. The highest BCUT2D eigenvalue weighted by molar-refractivity contribution is 9.10. The molecule has 2 N–H and O–H groups in total. The molecule has 7 heteroatoms. The molecular formula is C20H25BrN2O4. The van der Waals surface area contributed by atoms with Crippen LogP contribution in [0, 0.1) is 5.92 Å². The van der Waals surface area contributed by atoms with Gasteiger partial charge < -0.3 is 20.1 Å². The van der Waals surface area contributed by atoms with Gasteiger partial charge >= 0.3 is 12.0 Å². The van der Waals surface area contributed by atoms with E-state index in [0.29, 0.717) is 22.9 Å². The molecule has 2 amide bonds. The molecule has 1 aromatic rings. The highest BCUT2D eigenvalue weighted by Gasteiger charge is 2.34. The molecule has 3 rings (SSSR count). The summed E-state index contributed by atoms with van der Waals surface area (Å²) in [5, 5.41) is 5.52. The number of esters is 1. The fourth-order valence-electron chi connectivity index (χ4n) is 3.64. The number of carbonyl (C=O) groups is 2. The van der Waals surface area contributed by atoms with Crippen molar-refractivity contribution < 1.29 is 19.1 Å². The molecule has 1 atom stereocenters. The van der Waals surface area contributed by atoms with Crippen LogP contribution in [0.4, 0.5) is 4.79 Å². The zero-order valence-corrected chi connectivity index (χ0v) is 17.4. The van der Waals surface area contributed by atoms with E-state index in [4.69, 9.17) is 9.47 Å². The third-order valence-corrected chi connectivity index (χ3v) is 5.85. The molecule has 1 unspecified atom stereocenters. The number of allylic oxidation sites excluding steroid dienone is 1. The second-order valence-corrected chi connectivity index (χ2v) is 8.11. The van der Waals surface area contributed by atoms with E-state index in [0.717, 1.165) is 35.7 Å². The largest absolute Gasteiger partial charge is 0.496 e. The van der Waals surface area contributed by atoms with Crippen molar-refractivity contribution in [3.63, 3.8) is 0 Å². The van der Waals surface area contributed by atoms with E-state index in [1.165, 1.54) is 0 Å². The molecule has 0 bridgehead atoms. The smallest absolute Gasteiger partial charge is 0.338 e. The van der Waals surface area contributed by atoms with Crippen molar-refractivity contribution >= 4 is 27.9 Å². The van der Waals surface area contributed by atoms with Gasteiger partial charge in [0.2, 0.25) is 0 Å². The molecule has 0 aromatic heterocycles. The molecule has 1 saturated carbocycles. The van der Waals surface area contributed by atoms with Gasteiger partial charge in [-0.15, -0.1) is 0 Å². The highest BCUT2D eigenvalue weighted by Crippen LogP contribution is 2.34. The van der Waals surface area contributed by atoms with Gasteiger partial charge in [-0.25, -0.2) is 9.59 Å². The molecule has 1 heterocycles. The van der Waals surface area contributed by atoms with Gasteiger partial charge in [0.15, 0.2) is 0 Å². The molecule has 1 fully saturated rings. The Labute approximate surface area is 167 Å². The van der Waals surface area contributed by atoms with Gasteiger partial charge in [-0.2, -0.15) is 0 Å². The lowest BCUT2D eigenvalue weighted by Gasteiger charge is -2.31. The molecule has 1 aliphatic carbocycles. The van der Waals surface area contributed by atoms with Gasteiger partial charge in [-0.3, -0.25) is 0 Å². The van der Waals surface area contributed by atoms with Crippen molar-refractivity contribution in [3.05, 3.63) is 39.5 Å². The average molecular weight is 437 g/mol. The van der Waals surface area contributed by atoms with Gasteiger partial charge in [0.1, 0.15) is 11.9 Å². The maximum atomic E-state index is 12.9. The van der Waals surface area contributed by atoms with Crippen LogP contribution in [0.15, 0.2) is 33.9 Å². The van der Waals surface area contributed by atoms with Gasteiger partial charge in [0.25, 0.3) is 0 Å². The van der Waals surface area contributed by atoms with Crippen LogP contribution >= 0.6 is 15.9 Å². The maximum absolute atomic E-state index is 12.9. The molecule has 0 spiro atoms. The fraction of sp³-hybridized carbons (Fsp3) is 0.500. The highest BCUT2D eigenvalue weighted by atomic mass is 79.9. The number of nitrogens with one attached hydrogen (secondary N) is 2. The van der Waals surface area contributed by atoms with Crippen molar-refractivity contribution in [1.82, 2.24) is 10.6 Å². The normalized spacial score (nSPS) is 25.5. The number of urea groups is 1. The van der Waals surface area contributed by atoms with E-state index in [1.807, 2.05) is 12.1 Å². The molecule has 27 heavy (non-hydrogen) atoms. The summed E-state index contributed by atoms with van der Waals surface area (Å²) in [6, 6.07) is 4.57. The Balaban J connectivity index is 1.85. The van der Waals surface area contributed by atoms with Crippen LogP contribution in [-0.4, -0.2) is 25.2 Å². The van der Waals surface area contributed by atoms with Gasteiger partial charge in [0.05, 0.1) is 23.2 Å². The summed E-state index contributed by atoms with van der Waals surface area (Å²) in [6.45, 7) is 3.95. The summed E-state index contributed by atoms with van der Waals surface area (Å²) >= 11 is 3.46. The lowest BCUT2D eigenvalue weighted by molar-refractivity contribution is -0.146. The van der Waals surface area contributed by atoms with E-state index in [2.05, 4.69) is 33.5 Å². The predicted octanol–water partition coefficient (Wildman–Crippen LogP) is 4.21. The Hall–Kier alpha value is -2.02. The zero-order chi connectivity index (χ0) is 19.6. The summed E-state index contributed by atoms with van der Waals surface area (Å²) in [4.78, 5) is 25.0. The Kier molecular flexibility index (Phi) is 6.09. The molecule has 146 valence electrons. The van der Waals surface area contributed by atoms with E-state index < -0.39 is 6.04 Å². The average Bonchev–Trinajstić information content (AvgIpc) is 2.62. The third-order valence-electron chi connectivity index (χ3n) is 5.23. The summed E-state index contributed by atoms with van der Waals surface area (Å²) in [5.41, 5.74) is 1.73. The number of rotatable bonds is 4. The van der Waals surface area contributed by atoms with Crippen molar-refractivity contribution in [2.45, 2.75) is 51.7 Å². The van der Waals surface area contributed by atoms with E-state index >= 15 is 0 Å². The summed E-state index contributed by atoms with van der Waals surface area (Å²) < 4.78 is 11.8. The predicted molar refractivity (Wildman–Crippen MR) is 105 cm³/mol. The number of benzene rings is 1. The van der Waals surface area contributed by atoms with Gasteiger partial charge in [-0.1, -0.05) is 13.0 Å². The maximum Gasteiger partial charge on any atom is 0.338 e. The topological polar surface area (TPSA) is 76.7 Å². The molecule has 0 saturated heterocycles. The SMILES string of the molecule is COc1ccc(C2NC(=O)NC(C)=C2C(=O)OC2CCC(C)CC2)cc1Br. The Morgan fingerprint density at radius 2 is 1.93 bits per heavy atom. The van der Waals surface area contributed by atoms with Crippen LogP contribution in [0.25, 0.3) is 0 Å². The van der Waals surface area contributed by atoms with Crippen molar-refractivity contribution in [1.29, 1.82) is 0 Å². The lowest BCUT2D eigenvalue weighted by atomic mass is 9.89. The molecule has 0 radical (unpaired) electrons. The van der Waals surface area contributed by atoms with Crippen LogP contribution in [-0.2, 0) is 9.53 Å². The minimum absolute atomic E-state index is 0.0603. The first-order valence-corrected chi connectivity index (χ1v) is 10.0. The van der Waals surface area contributed by atoms with E-state index in [9.17, 15) is 9.59 Å². The first kappa shape index (κ1) is 19.7. The molecule has 2 aliphatic rings. The van der Waals surface area contributed by atoms with Crippen molar-refractivity contribution in [2.24, 2.45) is 5.92 Å². The molecule has 6 nitrogen and oxygen atoms in total. The van der Waals surface area contributed by atoms with Crippen LogP contribution in [0.5, 0.6) is 5.75 Å². The monoisotopic (exact) mass is 436 g/mol. The third kappa shape index (κ3) is 4.46. The van der Waals surface area contributed by atoms with Crippen LogP contribution < -0.4 is 15.4 Å². The van der Waals surface area contributed by atoms with Crippen LogP contribution in [0.1, 0.15) is 51.1 Å². The summed E-state index contributed by atoms with van der Waals surface area (Å²) in [6.07, 6.45) is 3.85. The Morgan fingerprint density at radius 3 is 2.56 bits per heavy atom. The van der Waals surface area contributed by atoms with Gasteiger partial charge in [-0.05, 0) is 72.2 Å².